The van der Waals surface area contributed by atoms with Crippen LogP contribution in [0.15, 0.2) is 46.8 Å². The van der Waals surface area contributed by atoms with Crippen molar-refractivity contribution in [3.8, 4) is 0 Å². The summed E-state index contributed by atoms with van der Waals surface area (Å²) in [7, 11) is 1.97. The molecule has 0 radical (unpaired) electrons. The molecule has 0 spiro atoms. The Morgan fingerprint density at radius 1 is 1.21 bits per heavy atom. The summed E-state index contributed by atoms with van der Waals surface area (Å²) >= 11 is 1.78. The zero-order valence-corrected chi connectivity index (χ0v) is 18.5. The molecular formula is C22H30N6S. The van der Waals surface area contributed by atoms with E-state index in [-0.39, 0.29) is 6.04 Å². The number of hydrogen-bond acceptors (Lipinski definition) is 4. The van der Waals surface area contributed by atoms with Gasteiger partial charge in [-0.3, -0.25) is 0 Å². The molecule has 0 saturated heterocycles. The first kappa shape index (κ1) is 21.0. The first-order valence-corrected chi connectivity index (χ1v) is 11.0. The van der Waals surface area contributed by atoms with Crippen molar-refractivity contribution in [2.75, 3.05) is 6.54 Å². The summed E-state index contributed by atoms with van der Waals surface area (Å²) in [6, 6.07) is 13.2. The molecule has 0 fully saturated rings. The molecule has 1 aromatic carbocycles. The normalized spacial score (nSPS) is 12.8. The molecule has 0 saturated carbocycles. The highest BCUT2D eigenvalue weighted by molar-refractivity contribution is 7.09. The SMILES string of the molecule is CCc1ccc(C(C)NC(=NCc2nnc(C)n2C)NCCc2cccs2)cc1. The van der Waals surface area contributed by atoms with Gasteiger partial charge in [0.05, 0.1) is 6.04 Å². The van der Waals surface area contributed by atoms with Crippen LogP contribution in [0, 0.1) is 6.92 Å². The smallest absolute Gasteiger partial charge is 0.192 e. The van der Waals surface area contributed by atoms with Crippen LogP contribution in [0.2, 0.25) is 0 Å². The predicted octanol–water partition coefficient (Wildman–Crippen LogP) is 3.79. The van der Waals surface area contributed by atoms with Gasteiger partial charge < -0.3 is 15.2 Å². The van der Waals surface area contributed by atoms with Crippen molar-refractivity contribution in [3.63, 3.8) is 0 Å². The van der Waals surface area contributed by atoms with E-state index in [2.05, 4.69) is 76.5 Å². The summed E-state index contributed by atoms with van der Waals surface area (Å²) in [6.07, 6.45) is 2.03. The lowest BCUT2D eigenvalue weighted by molar-refractivity contribution is 0.675. The quantitative estimate of drug-likeness (QED) is 0.438. The van der Waals surface area contributed by atoms with Crippen molar-refractivity contribution in [1.82, 2.24) is 25.4 Å². The summed E-state index contributed by atoms with van der Waals surface area (Å²) in [5, 5.41) is 17.4. The minimum absolute atomic E-state index is 0.148. The average molecular weight is 411 g/mol. The van der Waals surface area contributed by atoms with Crippen molar-refractivity contribution in [3.05, 3.63) is 69.4 Å². The molecule has 3 rings (SSSR count). The highest BCUT2D eigenvalue weighted by atomic mass is 32.1. The van der Waals surface area contributed by atoms with Crippen LogP contribution in [-0.2, 0) is 26.4 Å². The summed E-state index contributed by atoms with van der Waals surface area (Å²) < 4.78 is 1.97. The first-order chi connectivity index (χ1) is 14.1. The maximum Gasteiger partial charge on any atom is 0.192 e. The van der Waals surface area contributed by atoms with E-state index in [1.807, 2.05) is 18.5 Å². The topological polar surface area (TPSA) is 67.1 Å². The van der Waals surface area contributed by atoms with Crippen molar-refractivity contribution >= 4 is 17.3 Å². The Labute approximate surface area is 177 Å². The molecular weight excluding hydrogens is 380 g/mol. The highest BCUT2D eigenvalue weighted by Crippen LogP contribution is 2.14. The fourth-order valence-electron chi connectivity index (χ4n) is 2.98. The first-order valence-electron chi connectivity index (χ1n) is 10.1. The largest absolute Gasteiger partial charge is 0.356 e. The number of benzene rings is 1. The molecule has 2 aromatic heterocycles. The number of nitrogens with one attached hydrogen (secondary N) is 2. The van der Waals surface area contributed by atoms with Gasteiger partial charge in [-0.2, -0.15) is 0 Å². The molecule has 2 N–H and O–H groups in total. The van der Waals surface area contributed by atoms with Crippen molar-refractivity contribution < 1.29 is 0 Å². The van der Waals surface area contributed by atoms with Crippen LogP contribution in [0.4, 0.5) is 0 Å². The number of aliphatic imine (C=N–C) groups is 1. The summed E-state index contributed by atoms with van der Waals surface area (Å²) in [4.78, 5) is 6.13. The van der Waals surface area contributed by atoms with Crippen LogP contribution in [0.1, 0.15) is 47.5 Å². The van der Waals surface area contributed by atoms with E-state index in [9.17, 15) is 0 Å². The number of hydrogen-bond donors (Lipinski definition) is 2. The van der Waals surface area contributed by atoms with Crippen LogP contribution in [-0.4, -0.2) is 27.3 Å². The van der Waals surface area contributed by atoms with Crippen LogP contribution >= 0.6 is 11.3 Å². The Kier molecular flexibility index (Phi) is 7.41. The third-order valence-corrected chi connectivity index (χ3v) is 5.98. The van der Waals surface area contributed by atoms with Gasteiger partial charge in [-0.25, -0.2) is 4.99 Å². The number of rotatable bonds is 8. The third-order valence-electron chi connectivity index (χ3n) is 5.05. The Morgan fingerprint density at radius 2 is 2.00 bits per heavy atom. The van der Waals surface area contributed by atoms with E-state index in [0.29, 0.717) is 6.54 Å². The molecule has 0 aliphatic carbocycles. The molecule has 0 aliphatic rings. The van der Waals surface area contributed by atoms with Crippen LogP contribution in [0.3, 0.4) is 0 Å². The van der Waals surface area contributed by atoms with E-state index < -0.39 is 0 Å². The Morgan fingerprint density at radius 3 is 2.62 bits per heavy atom. The molecule has 7 heteroatoms. The van der Waals surface area contributed by atoms with Crippen molar-refractivity contribution in [2.45, 2.75) is 46.2 Å². The van der Waals surface area contributed by atoms with Crippen LogP contribution in [0.5, 0.6) is 0 Å². The van der Waals surface area contributed by atoms with Gasteiger partial charge in [0.1, 0.15) is 12.4 Å². The van der Waals surface area contributed by atoms with Crippen molar-refractivity contribution in [1.29, 1.82) is 0 Å². The van der Waals surface area contributed by atoms with E-state index in [1.54, 1.807) is 11.3 Å². The van der Waals surface area contributed by atoms with Gasteiger partial charge in [-0.05, 0) is 49.3 Å². The van der Waals surface area contributed by atoms with Crippen LogP contribution < -0.4 is 10.6 Å². The number of aromatic nitrogens is 3. The summed E-state index contributed by atoms with van der Waals surface area (Å²) in [6.45, 7) is 7.58. The molecule has 0 aliphatic heterocycles. The predicted molar refractivity (Wildman–Crippen MR) is 120 cm³/mol. The minimum Gasteiger partial charge on any atom is -0.356 e. The van der Waals surface area contributed by atoms with E-state index in [4.69, 9.17) is 4.99 Å². The fraction of sp³-hybridized carbons (Fsp3) is 0.409. The number of thiophene rings is 1. The second kappa shape index (κ2) is 10.2. The Balaban J connectivity index is 1.67. The lowest BCUT2D eigenvalue weighted by Crippen LogP contribution is -2.39. The number of nitrogens with zero attached hydrogens (tertiary/aromatic N) is 4. The molecule has 0 bridgehead atoms. The zero-order valence-electron chi connectivity index (χ0n) is 17.6. The molecule has 154 valence electrons. The lowest BCUT2D eigenvalue weighted by Gasteiger charge is -2.19. The van der Waals surface area contributed by atoms with E-state index in [1.165, 1.54) is 16.0 Å². The molecule has 1 atom stereocenters. The molecule has 6 nitrogen and oxygen atoms in total. The second-order valence-corrected chi connectivity index (χ2v) is 8.14. The monoisotopic (exact) mass is 410 g/mol. The van der Waals surface area contributed by atoms with Gasteiger partial charge in [-0.15, -0.1) is 21.5 Å². The Bertz CT molecular complexity index is 911. The maximum atomic E-state index is 4.76. The zero-order chi connectivity index (χ0) is 20.6. The highest BCUT2D eigenvalue weighted by Gasteiger charge is 2.10. The van der Waals surface area contributed by atoms with Gasteiger partial charge in [0.15, 0.2) is 11.8 Å². The molecule has 1 unspecified atom stereocenters. The van der Waals surface area contributed by atoms with E-state index in [0.717, 1.165) is 37.0 Å². The number of guanidine groups is 1. The average Bonchev–Trinajstić information content (AvgIpc) is 3.36. The summed E-state index contributed by atoms with van der Waals surface area (Å²) in [5.74, 6) is 2.52. The summed E-state index contributed by atoms with van der Waals surface area (Å²) in [5.41, 5.74) is 2.59. The standard InChI is InChI=1S/C22H30N6S/c1-5-18-8-10-19(11-9-18)16(2)25-22(23-13-12-20-7-6-14-29-20)24-15-21-27-26-17(3)28(21)4/h6-11,14,16H,5,12-13,15H2,1-4H3,(H2,23,24,25). The van der Waals surface area contributed by atoms with Gasteiger partial charge in [0.2, 0.25) is 0 Å². The third kappa shape index (κ3) is 5.90. The van der Waals surface area contributed by atoms with Gasteiger partial charge in [0, 0.05) is 18.5 Å². The molecule has 2 heterocycles. The lowest BCUT2D eigenvalue weighted by atomic mass is 10.1. The van der Waals surface area contributed by atoms with Gasteiger partial charge in [0.25, 0.3) is 0 Å². The number of aryl methyl sites for hydroxylation is 2. The van der Waals surface area contributed by atoms with Gasteiger partial charge in [-0.1, -0.05) is 37.3 Å². The van der Waals surface area contributed by atoms with E-state index >= 15 is 0 Å². The minimum atomic E-state index is 0.148. The van der Waals surface area contributed by atoms with Crippen LogP contribution in [0.25, 0.3) is 0 Å². The molecule has 3 aromatic rings. The Hall–Kier alpha value is -2.67. The van der Waals surface area contributed by atoms with Gasteiger partial charge >= 0.3 is 0 Å². The molecule has 29 heavy (non-hydrogen) atoms. The molecule has 0 amide bonds. The second-order valence-electron chi connectivity index (χ2n) is 7.10. The maximum absolute atomic E-state index is 4.76. The fourth-order valence-corrected chi connectivity index (χ4v) is 3.69. The van der Waals surface area contributed by atoms with Crippen molar-refractivity contribution in [2.24, 2.45) is 12.0 Å².